The number of carboxylic acids is 1. The molecule has 5 N–H and O–H groups in total. The van der Waals surface area contributed by atoms with E-state index < -0.39 is 30.4 Å². The third-order valence-electron chi connectivity index (χ3n) is 6.23. The van der Waals surface area contributed by atoms with Crippen LogP contribution in [-0.2, 0) is 20.9 Å². The number of aliphatic hydroxyl groups excluding tert-OH is 1. The lowest BCUT2D eigenvalue weighted by atomic mass is 10.1. The van der Waals surface area contributed by atoms with E-state index in [9.17, 15) is 19.8 Å². The molecule has 2 aliphatic rings. The zero-order chi connectivity index (χ0) is 25.4. The standard InChI is InChI=1S/C22H24ClN7O6/c23-12-2-3-13(35-8-14(31)29-4-1-5-29)11(6-12)7-25-19-16-20(27-9-26-19)30(10-28-16)21-17(32)15(24)18(36-21)22(33)34/h2-3,6,9-10,15,17-18,21,32H,1,4-5,7-8,24H2,(H,33,34)(H,25,26,27). The van der Waals surface area contributed by atoms with Gasteiger partial charge in [-0.05, 0) is 24.6 Å². The van der Waals surface area contributed by atoms with Crippen LogP contribution in [0.3, 0.4) is 0 Å². The molecule has 1 aromatic carbocycles. The van der Waals surface area contributed by atoms with E-state index in [4.69, 9.17) is 26.8 Å². The lowest BCUT2D eigenvalue weighted by Gasteiger charge is -2.30. The average molecular weight is 518 g/mol. The number of rotatable bonds is 8. The van der Waals surface area contributed by atoms with Crippen LogP contribution in [-0.4, -0.2) is 84.5 Å². The summed E-state index contributed by atoms with van der Waals surface area (Å²) in [7, 11) is 0. The smallest absolute Gasteiger partial charge is 0.334 e. The molecule has 4 heterocycles. The molecule has 0 saturated carbocycles. The van der Waals surface area contributed by atoms with Gasteiger partial charge in [-0.3, -0.25) is 9.36 Å². The highest BCUT2D eigenvalue weighted by Gasteiger charge is 2.46. The molecule has 36 heavy (non-hydrogen) atoms. The van der Waals surface area contributed by atoms with Crippen molar-refractivity contribution in [1.82, 2.24) is 24.4 Å². The molecule has 190 valence electrons. The first-order valence-corrected chi connectivity index (χ1v) is 11.6. The number of imidazole rings is 1. The van der Waals surface area contributed by atoms with Crippen molar-refractivity contribution in [1.29, 1.82) is 0 Å². The number of hydrogen-bond acceptors (Lipinski definition) is 10. The number of nitrogens with two attached hydrogens (primary N) is 1. The van der Waals surface area contributed by atoms with E-state index in [1.165, 1.54) is 17.2 Å². The SMILES string of the molecule is NC1C(C(=O)O)OC(n2cnc3c(NCc4cc(Cl)ccc4OCC(=O)N4CCC4)ncnc32)C1O. The number of aliphatic hydroxyl groups is 1. The number of aliphatic carboxylic acids is 1. The van der Waals surface area contributed by atoms with Gasteiger partial charge < -0.3 is 35.6 Å². The number of halogens is 1. The number of amides is 1. The summed E-state index contributed by atoms with van der Waals surface area (Å²) >= 11 is 6.18. The summed E-state index contributed by atoms with van der Waals surface area (Å²) in [5.74, 6) is -0.448. The first-order chi connectivity index (χ1) is 17.3. The minimum Gasteiger partial charge on any atom is -0.483 e. The molecule has 3 aromatic rings. The van der Waals surface area contributed by atoms with E-state index >= 15 is 0 Å². The monoisotopic (exact) mass is 517 g/mol. The van der Waals surface area contributed by atoms with Crippen molar-refractivity contribution >= 4 is 40.5 Å². The van der Waals surface area contributed by atoms with Crippen molar-refractivity contribution < 1.29 is 29.3 Å². The van der Waals surface area contributed by atoms with Crippen molar-refractivity contribution in [2.75, 3.05) is 25.0 Å². The minimum absolute atomic E-state index is 0.0695. The molecular formula is C22H24ClN7O6. The fourth-order valence-electron chi connectivity index (χ4n) is 4.11. The summed E-state index contributed by atoms with van der Waals surface area (Å²) < 4.78 is 12.7. The predicted octanol–water partition coefficient (Wildman–Crippen LogP) is 0.373. The van der Waals surface area contributed by atoms with Gasteiger partial charge in [0.1, 0.15) is 18.2 Å². The normalized spacial score (nSPS) is 23.5. The second kappa shape index (κ2) is 9.85. The summed E-state index contributed by atoms with van der Waals surface area (Å²) in [6.45, 7) is 1.68. The Morgan fingerprint density at radius 1 is 1.28 bits per heavy atom. The Balaban J connectivity index is 1.33. The number of carboxylic acid groups (broad SMARTS) is 1. The van der Waals surface area contributed by atoms with Gasteiger partial charge in [0.2, 0.25) is 0 Å². The number of nitrogens with zero attached hydrogens (tertiary/aromatic N) is 5. The number of aromatic nitrogens is 4. The third-order valence-corrected chi connectivity index (χ3v) is 6.46. The summed E-state index contributed by atoms with van der Waals surface area (Å²) in [6.07, 6.45) is -0.0316. The van der Waals surface area contributed by atoms with Crippen LogP contribution in [0.1, 0.15) is 18.2 Å². The van der Waals surface area contributed by atoms with Crippen molar-refractivity contribution in [3.8, 4) is 5.75 Å². The second-order valence-electron chi connectivity index (χ2n) is 8.53. The first-order valence-electron chi connectivity index (χ1n) is 11.3. The molecule has 0 radical (unpaired) electrons. The van der Waals surface area contributed by atoms with Gasteiger partial charge in [0, 0.05) is 30.2 Å². The molecule has 5 rings (SSSR count). The van der Waals surface area contributed by atoms with Crippen LogP contribution >= 0.6 is 11.6 Å². The predicted molar refractivity (Wildman–Crippen MR) is 126 cm³/mol. The molecular weight excluding hydrogens is 494 g/mol. The van der Waals surface area contributed by atoms with Crippen molar-refractivity contribution in [2.24, 2.45) is 5.73 Å². The first kappa shape index (κ1) is 24.2. The third kappa shape index (κ3) is 4.53. The number of ether oxygens (including phenoxy) is 2. The molecule has 0 aliphatic carbocycles. The molecule has 2 fully saturated rings. The van der Waals surface area contributed by atoms with E-state index in [1.807, 2.05) is 0 Å². The lowest BCUT2D eigenvalue weighted by molar-refractivity contribution is -0.152. The summed E-state index contributed by atoms with van der Waals surface area (Å²) in [6, 6.07) is 4.00. The van der Waals surface area contributed by atoms with E-state index in [0.717, 1.165) is 19.5 Å². The number of hydrogen-bond donors (Lipinski definition) is 4. The highest BCUT2D eigenvalue weighted by molar-refractivity contribution is 6.30. The summed E-state index contributed by atoms with van der Waals surface area (Å²) in [5.41, 5.74) is 7.22. The Bertz CT molecular complexity index is 1300. The fraction of sp³-hybridized carbons (Fsp3) is 0.409. The van der Waals surface area contributed by atoms with Crippen molar-refractivity contribution in [2.45, 2.75) is 37.4 Å². The van der Waals surface area contributed by atoms with E-state index in [2.05, 4.69) is 20.3 Å². The number of benzene rings is 1. The molecule has 2 aliphatic heterocycles. The molecule has 4 unspecified atom stereocenters. The van der Waals surface area contributed by atoms with Crippen LogP contribution in [0.25, 0.3) is 11.2 Å². The van der Waals surface area contributed by atoms with Crippen LogP contribution in [0, 0.1) is 0 Å². The largest absolute Gasteiger partial charge is 0.483 e. The van der Waals surface area contributed by atoms with Crippen LogP contribution in [0.15, 0.2) is 30.9 Å². The zero-order valence-corrected chi connectivity index (χ0v) is 19.7. The molecule has 0 spiro atoms. The van der Waals surface area contributed by atoms with Crippen LogP contribution in [0.4, 0.5) is 5.82 Å². The Morgan fingerprint density at radius 3 is 2.78 bits per heavy atom. The van der Waals surface area contributed by atoms with Gasteiger partial charge in [-0.1, -0.05) is 11.6 Å². The van der Waals surface area contributed by atoms with Crippen LogP contribution in [0.2, 0.25) is 5.02 Å². The number of likely N-dealkylation sites (tertiary alicyclic amines) is 1. The van der Waals surface area contributed by atoms with E-state index in [-0.39, 0.29) is 19.1 Å². The van der Waals surface area contributed by atoms with Gasteiger partial charge in [-0.15, -0.1) is 0 Å². The number of fused-ring (bicyclic) bond motifs is 1. The maximum Gasteiger partial charge on any atom is 0.334 e. The molecule has 2 saturated heterocycles. The highest BCUT2D eigenvalue weighted by Crippen LogP contribution is 2.32. The summed E-state index contributed by atoms with van der Waals surface area (Å²) in [4.78, 5) is 38.1. The topological polar surface area (TPSA) is 178 Å². The highest BCUT2D eigenvalue weighted by atomic mass is 35.5. The molecule has 4 atom stereocenters. The molecule has 2 aromatic heterocycles. The summed E-state index contributed by atoms with van der Waals surface area (Å²) in [5, 5.41) is 23.4. The van der Waals surface area contributed by atoms with Gasteiger partial charge in [0.05, 0.1) is 12.4 Å². The van der Waals surface area contributed by atoms with Crippen molar-refractivity contribution in [3.63, 3.8) is 0 Å². The number of nitrogens with one attached hydrogen (secondary N) is 1. The quantitative estimate of drug-likeness (QED) is 0.324. The van der Waals surface area contributed by atoms with Crippen LogP contribution < -0.4 is 15.8 Å². The maximum absolute atomic E-state index is 12.2. The Hall–Kier alpha value is -3.52. The van der Waals surface area contributed by atoms with Gasteiger partial charge in [0.15, 0.2) is 35.9 Å². The van der Waals surface area contributed by atoms with Crippen LogP contribution in [0.5, 0.6) is 5.75 Å². The second-order valence-corrected chi connectivity index (χ2v) is 8.96. The number of carbonyl (C=O) groups is 2. The average Bonchev–Trinajstić information content (AvgIpc) is 3.37. The van der Waals surface area contributed by atoms with Gasteiger partial charge in [-0.25, -0.2) is 19.7 Å². The molecule has 1 amide bonds. The molecule has 14 heteroatoms. The Labute approximate surface area is 209 Å². The van der Waals surface area contributed by atoms with Gasteiger partial charge in [0.25, 0.3) is 5.91 Å². The maximum atomic E-state index is 12.2. The Morgan fingerprint density at radius 2 is 2.08 bits per heavy atom. The number of carbonyl (C=O) groups excluding carboxylic acids is 1. The van der Waals surface area contributed by atoms with E-state index in [1.54, 1.807) is 23.1 Å². The molecule has 0 bridgehead atoms. The zero-order valence-electron chi connectivity index (χ0n) is 19.0. The lowest BCUT2D eigenvalue weighted by Crippen LogP contribution is -2.44. The number of anilines is 1. The van der Waals surface area contributed by atoms with Crippen molar-refractivity contribution in [3.05, 3.63) is 41.4 Å². The fourth-order valence-corrected chi connectivity index (χ4v) is 4.31. The van der Waals surface area contributed by atoms with Gasteiger partial charge >= 0.3 is 5.97 Å². The minimum atomic E-state index is -1.36. The molecule has 13 nitrogen and oxygen atoms in total. The van der Waals surface area contributed by atoms with E-state index in [0.29, 0.717) is 33.3 Å². The Kier molecular flexibility index (Phi) is 6.62. The van der Waals surface area contributed by atoms with Gasteiger partial charge in [-0.2, -0.15) is 0 Å².